The van der Waals surface area contributed by atoms with E-state index in [9.17, 15) is 4.79 Å². The number of halogens is 1. The Kier molecular flexibility index (Phi) is 5.93. The molecule has 0 heterocycles. The van der Waals surface area contributed by atoms with Crippen LogP contribution in [0.3, 0.4) is 0 Å². The third kappa shape index (κ3) is 4.11. The van der Waals surface area contributed by atoms with E-state index < -0.39 is 0 Å². The number of hydrogen-bond acceptors (Lipinski definition) is 4. The van der Waals surface area contributed by atoms with Gasteiger partial charge in [0.2, 0.25) is 5.91 Å². The molecule has 128 valence electrons. The van der Waals surface area contributed by atoms with Gasteiger partial charge in [-0.1, -0.05) is 11.6 Å². The Morgan fingerprint density at radius 2 is 1.62 bits per heavy atom. The van der Waals surface area contributed by atoms with E-state index in [0.717, 1.165) is 11.1 Å². The van der Waals surface area contributed by atoms with Crippen molar-refractivity contribution in [2.24, 2.45) is 0 Å². The Morgan fingerprint density at radius 1 is 1.00 bits per heavy atom. The maximum Gasteiger partial charge on any atom is 0.228 e. The Balaban J connectivity index is 2.20. The third-order valence-electron chi connectivity index (χ3n) is 3.60. The van der Waals surface area contributed by atoms with Gasteiger partial charge >= 0.3 is 0 Å². The molecular formula is C18H20ClNO4. The van der Waals surface area contributed by atoms with Crippen molar-refractivity contribution in [3.05, 3.63) is 46.5 Å². The van der Waals surface area contributed by atoms with Gasteiger partial charge in [-0.3, -0.25) is 4.79 Å². The Bertz CT molecular complexity index is 746. The summed E-state index contributed by atoms with van der Waals surface area (Å²) in [6.45, 7) is 1.89. The summed E-state index contributed by atoms with van der Waals surface area (Å²) in [6.07, 6.45) is 0.150. The van der Waals surface area contributed by atoms with Gasteiger partial charge in [-0.15, -0.1) is 0 Å². The molecule has 0 aliphatic rings. The van der Waals surface area contributed by atoms with Gasteiger partial charge in [0.1, 0.15) is 5.75 Å². The van der Waals surface area contributed by atoms with Crippen LogP contribution in [0, 0.1) is 6.92 Å². The number of methoxy groups -OCH3 is 3. The van der Waals surface area contributed by atoms with E-state index >= 15 is 0 Å². The zero-order valence-corrected chi connectivity index (χ0v) is 14.9. The molecule has 0 spiro atoms. The molecule has 0 atom stereocenters. The normalized spacial score (nSPS) is 10.2. The van der Waals surface area contributed by atoms with Crippen molar-refractivity contribution < 1.29 is 19.0 Å². The van der Waals surface area contributed by atoms with Crippen LogP contribution in [0.15, 0.2) is 30.3 Å². The minimum absolute atomic E-state index is 0.150. The lowest BCUT2D eigenvalue weighted by molar-refractivity contribution is -0.115. The monoisotopic (exact) mass is 349 g/mol. The van der Waals surface area contributed by atoms with Crippen molar-refractivity contribution in [3.63, 3.8) is 0 Å². The predicted octanol–water partition coefficient (Wildman–Crippen LogP) is 3.86. The second kappa shape index (κ2) is 7.93. The fraction of sp³-hybridized carbons (Fsp3) is 0.278. The van der Waals surface area contributed by atoms with Gasteiger partial charge in [0, 0.05) is 22.3 Å². The Hall–Kier alpha value is -2.40. The SMILES string of the molecule is COc1ccc(Cl)cc1CC(=O)Nc1cc(OC)c(OC)cc1C. The number of rotatable bonds is 6. The van der Waals surface area contributed by atoms with E-state index in [-0.39, 0.29) is 12.3 Å². The minimum Gasteiger partial charge on any atom is -0.496 e. The number of hydrogen-bond donors (Lipinski definition) is 1. The van der Waals surface area contributed by atoms with Crippen LogP contribution in [0.2, 0.25) is 5.02 Å². The fourth-order valence-corrected chi connectivity index (χ4v) is 2.56. The molecule has 1 amide bonds. The quantitative estimate of drug-likeness (QED) is 0.860. The first-order valence-corrected chi connectivity index (χ1v) is 7.71. The van der Waals surface area contributed by atoms with Gasteiger partial charge < -0.3 is 19.5 Å². The highest BCUT2D eigenvalue weighted by atomic mass is 35.5. The lowest BCUT2D eigenvalue weighted by Crippen LogP contribution is -2.16. The Labute approximate surface area is 146 Å². The van der Waals surface area contributed by atoms with Crippen LogP contribution in [0.1, 0.15) is 11.1 Å². The van der Waals surface area contributed by atoms with Gasteiger partial charge in [-0.2, -0.15) is 0 Å². The van der Waals surface area contributed by atoms with Gasteiger partial charge in [0.25, 0.3) is 0 Å². The average molecular weight is 350 g/mol. The van der Waals surface area contributed by atoms with Crippen LogP contribution in [0.5, 0.6) is 17.2 Å². The summed E-state index contributed by atoms with van der Waals surface area (Å²) in [5.41, 5.74) is 2.26. The van der Waals surface area contributed by atoms with Crippen LogP contribution >= 0.6 is 11.6 Å². The number of carbonyl (C=O) groups is 1. The maximum atomic E-state index is 12.4. The first-order valence-electron chi connectivity index (χ1n) is 7.33. The number of amides is 1. The molecule has 0 bridgehead atoms. The zero-order valence-electron chi connectivity index (χ0n) is 14.1. The number of benzene rings is 2. The van der Waals surface area contributed by atoms with Gasteiger partial charge in [0.15, 0.2) is 11.5 Å². The second-order valence-electron chi connectivity index (χ2n) is 5.20. The molecule has 5 nitrogen and oxygen atoms in total. The topological polar surface area (TPSA) is 56.8 Å². The van der Waals surface area contributed by atoms with Gasteiger partial charge in [-0.25, -0.2) is 0 Å². The molecule has 0 unspecified atom stereocenters. The molecule has 2 rings (SSSR count). The Morgan fingerprint density at radius 3 is 2.25 bits per heavy atom. The second-order valence-corrected chi connectivity index (χ2v) is 5.64. The lowest BCUT2D eigenvalue weighted by atomic mass is 10.1. The van der Waals surface area contributed by atoms with Crippen molar-refractivity contribution in [1.29, 1.82) is 0 Å². The summed E-state index contributed by atoms with van der Waals surface area (Å²) in [6, 6.07) is 8.74. The van der Waals surface area contributed by atoms with Crippen LogP contribution in [-0.4, -0.2) is 27.2 Å². The first-order chi connectivity index (χ1) is 11.5. The average Bonchev–Trinajstić information content (AvgIpc) is 2.56. The molecule has 2 aromatic rings. The molecule has 0 aliphatic heterocycles. The van der Waals surface area contributed by atoms with Crippen LogP contribution in [0.25, 0.3) is 0 Å². The first kappa shape index (κ1) is 17.9. The summed E-state index contributed by atoms with van der Waals surface area (Å²) in [4.78, 5) is 12.4. The summed E-state index contributed by atoms with van der Waals surface area (Å²) >= 11 is 6.00. The van der Waals surface area contributed by atoms with Crippen LogP contribution in [-0.2, 0) is 11.2 Å². The molecule has 6 heteroatoms. The van der Waals surface area contributed by atoms with Gasteiger partial charge in [0.05, 0.1) is 27.8 Å². The molecule has 0 fully saturated rings. The summed E-state index contributed by atoms with van der Waals surface area (Å²) in [5.74, 6) is 1.62. The third-order valence-corrected chi connectivity index (χ3v) is 3.83. The number of nitrogens with one attached hydrogen (secondary N) is 1. The zero-order chi connectivity index (χ0) is 17.7. The molecule has 0 saturated heterocycles. The molecule has 0 aromatic heterocycles. The molecule has 2 aromatic carbocycles. The standard InChI is InChI=1S/C18H20ClNO4/c1-11-7-16(23-3)17(24-4)10-14(11)20-18(21)9-12-8-13(19)5-6-15(12)22-2/h5-8,10H,9H2,1-4H3,(H,20,21). The van der Waals surface area contributed by atoms with Crippen molar-refractivity contribution in [2.75, 3.05) is 26.6 Å². The highest BCUT2D eigenvalue weighted by Crippen LogP contribution is 2.33. The highest BCUT2D eigenvalue weighted by Gasteiger charge is 2.13. The summed E-state index contributed by atoms with van der Waals surface area (Å²) in [7, 11) is 4.68. The van der Waals surface area contributed by atoms with Crippen molar-refractivity contribution in [2.45, 2.75) is 13.3 Å². The van der Waals surface area contributed by atoms with Gasteiger partial charge in [-0.05, 0) is 36.8 Å². The molecular weight excluding hydrogens is 330 g/mol. The number of ether oxygens (including phenoxy) is 3. The molecule has 0 radical (unpaired) electrons. The molecule has 0 saturated carbocycles. The van der Waals surface area contributed by atoms with E-state index in [1.807, 2.05) is 13.0 Å². The van der Waals surface area contributed by atoms with E-state index in [0.29, 0.717) is 28.0 Å². The van der Waals surface area contributed by atoms with E-state index in [4.69, 9.17) is 25.8 Å². The largest absolute Gasteiger partial charge is 0.496 e. The molecule has 0 aliphatic carbocycles. The fourth-order valence-electron chi connectivity index (χ4n) is 2.37. The van der Waals surface area contributed by atoms with E-state index in [2.05, 4.69) is 5.32 Å². The van der Waals surface area contributed by atoms with E-state index in [1.54, 1.807) is 45.6 Å². The van der Waals surface area contributed by atoms with E-state index in [1.165, 1.54) is 0 Å². The smallest absolute Gasteiger partial charge is 0.228 e. The number of carbonyl (C=O) groups excluding carboxylic acids is 1. The lowest BCUT2D eigenvalue weighted by Gasteiger charge is -2.14. The minimum atomic E-state index is -0.175. The van der Waals surface area contributed by atoms with Crippen molar-refractivity contribution >= 4 is 23.2 Å². The van der Waals surface area contributed by atoms with Crippen molar-refractivity contribution in [3.8, 4) is 17.2 Å². The predicted molar refractivity (Wildman–Crippen MR) is 94.6 cm³/mol. The van der Waals surface area contributed by atoms with Crippen LogP contribution < -0.4 is 19.5 Å². The maximum absolute atomic E-state index is 12.4. The summed E-state index contributed by atoms with van der Waals surface area (Å²) < 4.78 is 15.8. The number of anilines is 1. The molecule has 1 N–H and O–H groups in total. The van der Waals surface area contributed by atoms with Crippen molar-refractivity contribution in [1.82, 2.24) is 0 Å². The molecule has 24 heavy (non-hydrogen) atoms. The highest BCUT2D eigenvalue weighted by molar-refractivity contribution is 6.30. The number of aryl methyl sites for hydroxylation is 1. The van der Waals surface area contributed by atoms with Crippen LogP contribution in [0.4, 0.5) is 5.69 Å². The summed E-state index contributed by atoms with van der Waals surface area (Å²) in [5, 5.41) is 3.44.